The summed E-state index contributed by atoms with van der Waals surface area (Å²) >= 11 is 0. The number of likely N-dealkylation sites (tertiary alicyclic amines) is 1. The van der Waals surface area contributed by atoms with Crippen LogP contribution in [0.1, 0.15) is 53.4 Å². The summed E-state index contributed by atoms with van der Waals surface area (Å²) in [6, 6.07) is 0.597. The molecule has 1 fully saturated rings. The monoisotopic (exact) mass is 282 g/mol. The lowest BCUT2D eigenvalue weighted by molar-refractivity contribution is 0.167. The van der Waals surface area contributed by atoms with Crippen LogP contribution < -0.4 is 11.1 Å². The van der Waals surface area contributed by atoms with Crippen molar-refractivity contribution in [1.82, 2.24) is 10.2 Å². The van der Waals surface area contributed by atoms with E-state index >= 15 is 0 Å². The molecule has 1 aliphatic rings. The Morgan fingerprint density at radius 2 is 1.80 bits per heavy atom. The van der Waals surface area contributed by atoms with Gasteiger partial charge in [-0.05, 0) is 37.8 Å². The lowest BCUT2D eigenvalue weighted by atomic mass is 9.93. The van der Waals surface area contributed by atoms with Gasteiger partial charge in [0, 0.05) is 19.1 Å². The molecule has 0 amide bonds. The molecule has 20 heavy (non-hydrogen) atoms. The van der Waals surface area contributed by atoms with Crippen molar-refractivity contribution >= 4 is 5.96 Å². The zero-order chi connectivity index (χ0) is 15.0. The van der Waals surface area contributed by atoms with Crippen LogP contribution in [0.3, 0.4) is 0 Å². The second-order valence-electron chi connectivity index (χ2n) is 6.39. The Morgan fingerprint density at radius 3 is 2.30 bits per heavy atom. The first-order valence-electron chi connectivity index (χ1n) is 8.36. The van der Waals surface area contributed by atoms with E-state index in [2.05, 4.69) is 42.9 Å². The van der Waals surface area contributed by atoms with Crippen LogP contribution in [0.5, 0.6) is 0 Å². The van der Waals surface area contributed by atoms with Crippen molar-refractivity contribution in [2.45, 2.75) is 59.4 Å². The van der Waals surface area contributed by atoms with Gasteiger partial charge in [-0.2, -0.15) is 0 Å². The largest absolute Gasteiger partial charge is 0.370 e. The number of nitrogens with one attached hydrogen (secondary N) is 1. The number of hydrogen-bond donors (Lipinski definition) is 2. The zero-order valence-electron chi connectivity index (χ0n) is 13.9. The minimum absolute atomic E-state index is 0.559. The standard InChI is InChI=1S/C16H34N4/c1-5-14(6-2)15(20-9-7-8-10-20)12-19-16(17)18-11-13(3)4/h13-15H,5-12H2,1-4H3,(H3,17,18,19). The number of guanidine groups is 1. The van der Waals surface area contributed by atoms with Crippen LogP contribution in [0, 0.1) is 11.8 Å². The summed E-state index contributed by atoms with van der Waals surface area (Å²) in [7, 11) is 0. The molecule has 0 aromatic rings. The molecule has 1 aliphatic heterocycles. The highest BCUT2D eigenvalue weighted by Gasteiger charge is 2.27. The minimum atomic E-state index is 0.559. The number of nitrogens with two attached hydrogens (primary N) is 1. The molecule has 1 unspecified atom stereocenters. The number of rotatable bonds is 8. The van der Waals surface area contributed by atoms with Gasteiger partial charge in [0.15, 0.2) is 5.96 Å². The van der Waals surface area contributed by atoms with Gasteiger partial charge >= 0.3 is 0 Å². The zero-order valence-corrected chi connectivity index (χ0v) is 13.9. The molecular formula is C16H34N4. The molecule has 1 saturated heterocycles. The third kappa shape index (κ3) is 5.70. The highest BCUT2D eigenvalue weighted by molar-refractivity contribution is 5.77. The molecule has 4 nitrogen and oxygen atoms in total. The predicted octanol–water partition coefficient (Wildman–Crippen LogP) is 2.45. The van der Waals surface area contributed by atoms with E-state index in [9.17, 15) is 0 Å². The molecule has 0 aromatic carbocycles. The maximum atomic E-state index is 5.97. The average Bonchev–Trinajstić information content (AvgIpc) is 2.94. The molecule has 1 atom stereocenters. The number of hydrogen-bond acceptors (Lipinski definition) is 2. The van der Waals surface area contributed by atoms with E-state index in [1.807, 2.05) is 0 Å². The van der Waals surface area contributed by atoms with E-state index in [1.165, 1.54) is 38.8 Å². The Morgan fingerprint density at radius 1 is 1.20 bits per heavy atom. The lowest BCUT2D eigenvalue weighted by Gasteiger charge is -2.34. The van der Waals surface area contributed by atoms with E-state index < -0.39 is 0 Å². The molecule has 0 spiro atoms. The highest BCUT2D eigenvalue weighted by Crippen LogP contribution is 2.22. The average molecular weight is 282 g/mol. The van der Waals surface area contributed by atoms with Crippen molar-refractivity contribution in [2.24, 2.45) is 22.6 Å². The molecule has 3 N–H and O–H groups in total. The van der Waals surface area contributed by atoms with Gasteiger partial charge in [0.1, 0.15) is 0 Å². The summed E-state index contributed by atoms with van der Waals surface area (Å²) in [5.74, 6) is 1.91. The molecule has 4 heteroatoms. The second-order valence-corrected chi connectivity index (χ2v) is 6.39. The Kier molecular flexibility index (Phi) is 7.97. The fraction of sp³-hybridized carbons (Fsp3) is 0.938. The van der Waals surface area contributed by atoms with Crippen LogP contribution in [0.4, 0.5) is 0 Å². The van der Waals surface area contributed by atoms with Crippen molar-refractivity contribution in [2.75, 3.05) is 26.2 Å². The fourth-order valence-corrected chi connectivity index (χ4v) is 3.05. The summed E-state index contributed by atoms with van der Waals surface area (Å²) in [5.41, 5.74) is 5.97. The van der Waals surface area contributed by atoms with Crippen molar-refractivity contribution in [3.63, 3.8) is 0 Å². The Hall–Kier alpha value is -0.770. The van der Waals surface area contributed by atoms with Gasteiger partial charge in [0.25, 0.3) is 0 Å². The first-order chi connectivity index (χ1) is 9.58. The molecular weight excluding hydrogens is 248 g/mol. The van der Waals surface area contributed by atoms with Gasteiger partial charge in [-0.25, -0.2) is 0 Å². The Bertz CT molecular complexity index is 276. The molecule has 0 radical (unpaired) electrons. The smallest absolute Gasteiger partial charge is 0.188 e. The summed E-state index contributed by atoms with van der Waals surface area (Å²) in [4.78, 5) is 7.04. The quantitative estimate of drug-likeness (QED) is 0.531. The van der Waals surface area contributed by atoms with Crippen molar-refractivity contribution in [1.29, 1.82) is 0 Å². The van der Waals surface area contributed by atoms with Gasteiger partial charge in [0.05, 0.1) is 0 Å². The third-order valence-corrected chi connectivity index (χ3v) is 4.32. The molecule has 0 bridgehead atoms. The second kappa shape index (κ2) is 9.22. The minimum Gasteiger partial charge on any atom is -0.370 e. The van der Waals surface area contributed by atoms with E-state index in [0.717, 1.165) is 19.0 Å². The van der Waals surface area contributed by atoms with Gasteiger partial charge in [0.2, 0.25) is 0 Å². The Labute approximate surface area is 125 Å². The summed E-state index contributed by atoms with van der Waals surface area (Å²) in [5, 5.41) is 3.35. The number of nitrogens with zero attached hydrogens (tertiary/aromatic N) is 2. The summed E-state index contributed by atoms with van der Waals surface area (Å²) < 4.78 is 0. The molecule has 0 saturated carbocycles. The first-order valence-corrected chi connectivity index (χ1v) is 8.36. The van der Waals surface area contributed by atoms with Gasteiger partial charge in [-0.15, -0.1) is 0 Å². The predicted molar refractivity (Wildman–Crippen MR) is 88.0 cm³/mol. The molecule has 1 rings (SSSR count). The summed E-state index contributed by atoms with van der Waals surface area (Å²) in [6.45, 7) is 13.1. The van der Waals surface area contributed by atoms with Crippen LogP contribution in [0.2, 0.25) is 0 Å². The van der Waals surface area contributed by atoms with E-state index in [-0.39, 0.29) is 0 Å². The number of aliphatic imine (C=N–C) groups is 1. The lowest BCUT2D eigenvalue weighted by Crippen LogP contribution is -2.48. The molecule has 118 valence electrons. The Balaban J connectivity index is 2.53. The molecule has 1 heterocycles. The van der Waals surface area contributed by atoms with Crippen molar-refractivity contribution in [3.05, 3.63) is 0 Å². The maximum Gasteiger partial charge on any atom is 0.188 e. The van der Waals surface area contributed by atoms with Crippen LogP contribution in [0.25, 0.3) is 0 Å². The molecule has 0 aliphatic carbocycles. The van der Waals surface area contributed by atoms with E-state index in [0.29, 0.717) is 17.9 Å². The third-order valence-electron chi connectivity index (χ3n) is 4.32. The van der Waals surface area contributed by atoms with Gasteiger partial charge in [-0.3, -0.25) is 9.89 Å². The summed E-state index contributed by atoms with van der Waals surface area (Å²) in [6.07, 6.45) is 5.16. The normalized spacial score (nSPS) is 19.0. The topological polar surface area (TPSA) is 53.6 Å². The van der Waals surface area contributed by atoms with Crippen molar-refractivity contribution < 1.29 is 0 Å². The van der Waals surface area contributed by atoms with Crippen LogP contribution >= 0.6 is 0 Å². The van der Waals surface area contributed by atoms with Crippen LogP contribution in [0.15, 0.2) is 4.99 Å². The van der Waals surface area contributed by atoms with E-state index in [4.69, 9.17) is 5.73 Å². The van der Waals surface area contributed by atoms with E-state index in [1.54, 1.807) is 0 Å². The first kappa shape index (κ1) is 17.3. The van der Waals surface area contributed by atoms with Crippen LogP contribution in [-0.2, 0) is 0 Å². The highest BCUT2D eigenvalue weighted by atomic mass is 15.2. The van der Waals surface area contributed by atoms with Gasteiger partial charge in [-0.1, -0.05) is 40.5 Å². The fourth-order valence-electron chi connectivity index (χ4n) is 3.05. The SMILES string of the molecule is CCC(CC)C(CNC(N)=NCC(C)C)N1CCCC1. The van der Waals surface area contributed by atoms with Crippen molar-refractivity contribution in [3.8, 4) is 0 Å². The van der Waals surface area contributed by atoms with Gasteiger partial charge < -0.3 is 11.1 Å². The molecule has 0 aromatic heterocycles. The van der Waals surface area contributed by atoms with Crippen LogP contribution in [-0.4, -0.2) is 43.1 Å². The maximum absolute atomic E-state index is 5.97.